The van der Waals surface area contributed by atoms with Crippen LogP contribution in [-0.2, 0) is 19.3 Å². The first kappa shape index (κ1) is 33.6. The Kier molecular flexibility index (Phi) is 8.21. The minimum absolute atomic E-state index is 0.371. The number of aryl methyl sites for hydroxylation is 1. The molecule has 1 unspecified atom stereocenters. The smallest absolute Gasteiger partial charge is 0.0557 e. The number of allylic oxidation sites excluding steroid dienone is 9. The average Bonchev–Trinajstić information content (AvgIpc) is 3.75. The van der Waals surface area contributed by atoms with E-state index in [0.29, 0.717) is 6.04 Å². The lowest BCUT2D eigenvalue weighted by atomic mass is 9.81. The predicted molar refractivity (Wildman–Crippen MR) is 236 cm³/mol. The normalized spacial score (nSPS) is 16.5. The molecular formula is C54H47N. The molecule has 6 aromatic rings. The molecule has 1 atom stereocenters. The van der Waals surface area contributed by atoms with E-state index in [9.17, 15) is 0 Å². The molecule has 268 valence electrons. The Morgan fingerprint density at radius 2 is 1.62 bits per heavy atom. The van der Waals surface area contributed by atoms with Gasteiger partial charge >= 0.3 is 0 Å². The number of hydrogen-bond donors (Lipinski definition) is 0. The zero-order valence-corrected chi connectivity index (χ0v) is 32.1. The second-order valence-electron chi connectivity index (χ2n) is 16.0. The zero-order valence-electron chi connectivity index (χ0n) is 32.1. The third-order valence-corrected chi connectivity index (χ3v) is 12.5. The molecule has 1 aromatic heterocycles. The van der Waals surface area contributed by atoms with E-state index < -0.39 is 0 Å². The first-order chi connectivity index (χ1) is 26.9. The third kappa shape index (κ3) is 5.68. The maximum Gasteiger partial charge on any atom is 0.0557 e. The minimum Gasteiger partial charge on any atom is -0.337 e. The SMILES string of the molecule is C=C(/C=C(\CCC)c1ccc2c(c1)-c1cc3c(cc1C2)C(=C)Cc1ccccc1-3)c1cc(-c2ccc3c(c2)c2c(n3C3C=CC=CC3)CCC=C2)ccc1C. The van der Waals surface area contributed by atoms with Crippen LogP contribution in [0, 0.1) is 6.92 Å². The van der Waals surface area contributed by atoms with Crippen LogP contribution in [-0.4, -0.2) is 4.57 Å². The number of fused-ring (bicyclic) bond motifs is 9. The van der Waals surface area contributed by atoms with Crippen molar-refractivity contribution in [3.05, 3.63) is 191 Å². The van der Waals surface area contributed by atoms with Crippen LogP contribution in [0.15, 0.2) is 141 Å². The molecule has 0 radical (unpaired) electrons. The molecule has 4 aliphatic rings. The van der Waals surface area contributed by atoms with E-state index in [1.807, 2.05) is 0 Å². The topological polar surface area (TPSA) is 4.93 Å². The average molecular weight is 710 g/mol. The van der Waals surface area contributed by atoms with Gasteiger partial charge in [0.15, 0.2) is 0 Å². The zero-order chi connectivity index (χ0) is 37.2. The van der Waals surface area contributed by atoms with Gasteiger partial charge in [0.25, 0.3) is 0 Å². The Morgan fingerprint density at radius 1 is 0.782 bits per heavy atom. The van der Waals surface area contributed by atoms with Gasteiger partial charge in [0.05, 0.1) is 6.04 Å². The van der Waals surface area contributed by atoms with Gasteiger partial charge in [-0.15, -0.1) is 0 Å². The Hall–Kier alpha value is -5.92. The van der Waals surface area contributed by atoms with Crippen LogP contribution in [0.1, 0.15) is 88.9 Å². The highest BCUT2D eigenvalue weighted by molar-refractivity contribution is 5.96. The van der Waals surface area contributed by atoms with Crippen molar-refractivity contribution in [1.29, 1.82) is 0 Å². The molecule has 1 heteroatoms. The fourth-order valence-corrected chi connectivity index (χ4v) is 9.78. The van der Waals surface area contributed by atoms with Crippen LogP contribution in [0.25, 0.3) is 67.1 Å². The summed E-state index contributed by atoms with van der Waals surface area (Å²) in [7, 11) is 0. The second-order valence-corrected chi connectivity index (χ2v) is 16.0. The van der Waals surface area contributed by atoms with Crippen LogP contribution in [0.2, 0.25) is 0 Å². The highest BCUT2D eigenvalue weighted by atomic mass is 15.0. The highest BCUT2D eigenvalue weighted by Crippen LogP contribution is 2.47. The Labute approximate surface area is 326 Å². The van der Waals surface area contributed by atoms with Crippen molar-refractivity contribution in [2.45, 2.75) is 64.8 Å². The fourth-order valence-electron chi connectivity index (χ4n) is 9.78. The number of rotatable bonds is 7. The number of aromatic nitrogens is 1. The molecular weight excluding hydrogens is 663 g/mol. The van der Waals surface area contributed by atoms with Crippen molar-refractivity contribution in [1.82, 2.24) is 4.57 Å². The molecule has 0 amide bonds. The molecule has 0 N–H and O–H groups in total. The molecule has 1 nitrogen and oxygen atoms in total. The third-order valence-electron chi connectivity index (χ3n) is 12.5. The molecule has 0 bridgehead atoms. The van der Waals surface area contributed by atoms with Gasteiger partial charge in [-0.05, 0) is 171 Å². The number of hydrogen-bond acceptors (Lipinski definition) is 0. The number of benzene rings is 5. The molecule has 0 spiro atoms. The van der Waals surface area contributed by atoms with Crippen molar-refractivity contribution in [3.63, 3.8) is 0 Å². The van der Waals surface area contributed by atoms with Gasteiger partial charge in [0.2, 0.25) is 0 Å². The molecule has 10 rings (SSSR count). The minimum atomic E-state index is 0.371. The summed E-state index contributed by atoms with van der Waals surface area (Å²) in [6, 6.07) is 35.2. The first-order valence-corrected chi connectivity index (χ1v) is 20.2. The number of nitrogens with zero attached hydrogens (tertiary/aromatic N) is 1. The van der Waals surface area contributed by atoms with Crippen molar-refractivity contribution in [2.75, 3.05) is 0 Å². The summed E-state index contributed by atoms with van der Waals surface area (Å²) in [6.45, 7) is 13.7. The van der Waals surface area contributed by atoms with Gasteiger partial charge in [-0.25, -0.2) is 0 Å². The largest absolute Gasteiger partial charge is 0.337 e. The first-order valence-electron chi connectivity index (χ1n) is 20.2. The Morgan fingerprint density at radius 3 is 2.49 bits per heavy atom. The maximum absolute atomic E-state index is 4.71. The van der Waals surface area contributed by atoms with Crippen molar-refractivity contribution < 1.29 is 0 Å². The Balaban J connectivity index is 0.998. The quantitative estimate of drug-likeness (QED) is 0.145. The summed E-state index contributed by atoms with van der Waals surface area (Å²) in [6.07, 6.45) is 23.3. The highest BCUT2D eigenvalue weighted by Gasteiger charge is 2.26. The van der Waals surface area contributed by atoms with E-state index in [-0.39, 0.29) is 0 Å². The van der Waals surface area contributed by atoms with E-state index in [4.69, 9.17) is 6.58 Å². The lowest BCUT2D eigenvalue weighted by molar-refractivity contribution is 0.599. The lowest BCUT2D eigenvalue weighted by Crippen LogP contribution is -2.11. The summed E-state index contributed by atoms with van der Waals surface area (Å²) in [4.78, 5) is 0. The van der Waals surface area contributed by atoms with Gasteiger partial charge in [0.1, 0.15) is 0 Å². The summed E-state index contributed by atoms with van der Waals surface area (Å²) < 4.78 is 2.60. The van der Waals surface area contributed by atoms with Crippen molar-refractivity contribution in [2.24, 2.45) is 0 Å². The van der Waals surface area contributed by atoms with Gasteiger partial charge in [-0.3, -0.25) is 0 Å². The maximum atomic E-state index is 4.71. The van der Waals surface area contributed by atoms with Gasteiger partial charge in [-0.1, -0.05) is 124 Å². The summed E-state index contributed by atoms with van der Waals surface area (Å²) >= 11 is 0. The van der Waals surface area contributed by atoms with Crippen LogP contribution in [0.4, 0.5) is 0 Å². The van der Waals surface area contributed by atoms with Crippen LogP contribution in [0.5, 0.6) is 0 Å². The van der Waals surface area contributed by atoms with Gasteiger partial charge in [0, 0.05) is 22.2 Å². The molecule has 4 aliphatic carbocycles. The van der Waals surface area contributed by atoms with E-state index in [1.54, 1.807) is 0 Å². The van der Waals surface area contributed by atoms with E-state index in [0.717, 1.165) is 50.5 Å². The van der Waals surface area contributed by atoms with Gasteiger partial charge < -0.3 is 4.57 Å². The molecule has 1 heterocycles. The van der Waals surface area contributed by atoms with E-state index in [1.165, 1.54) is 106 Å². The molecule has 0 saturated heterocycles. The van der Waals surface area contributed by atoms with Crippen molar-refractivity contribution in [3.8, 4) is 33.4 Å². The Bertz CT molecular complexity index is 2730. The standard InChI is InChI=1S/C54H47N/c1-5-13-37(39-22-23-42-28-43-32-48-36(4)27-41-14-9-10-17-45(41)51(48)33-50(43)49(42)30-39)26-35(3)47-29-38(21-20-34(47)2)40-24-25-54-52(31-40)46-18-11-12-19-53(46)55(54)44-15-7-6-8-16-44/h6-11,14-15,17-18,20-26,29-33,44H,3-5,12-13,16,19,27-28H2,1-2H3/b37-26+. The molecule has 0 fully saturated rings. The van der Waals surface area contributed by atoms with Crippen LogP contribution < -0.4 is 0 Å². The summed E-state index contributed by atoms with van der Waals surface area (Å²) in [5.41, 5.74) is 25.0. The van der Waals surface area contributed by atoms with Crippen LogP contribution in [0.3, 0.4) is 0 Å². The molecule has 0 aliphatic heterocycles. The monoisotopic (exact) mass is 709 g/mol. The van der Waals surface area contributed by atoms with Gasteiger partial charge in [-0.2, -0.15) is 0 Å². The molecule has 55 heavy (non-hydrogen) atoms. The summed E-state index contributed by atoms with van der Waals surface area (Å²) in [5, 5.41) is 1.35. The van der Waals surface area contributed by atoms with Crippen molar-refractivity contribution >= 4 is 33.7 Å². The predicted octanol–water partition coefficient (Wildman–Crippen LogP) is 14.3. The lowest BCUT2D eigenvalue weighted by Gasteiger charge is -2.23. The fraction of sp³-hybridized carbons (Fsp3) is 0.185. The van der Waals surface area contributed by atoms with Crippen LogP contribution >= 0.6 is 0 Å². The summed E-state index contributed by atoms with van der Waals surface area (Å²) in [5.74, 6) is 0. The second kappa shape index (κ2) is 13.4. The molecule has 0 saturated carbocycles. The van der Waals surface area contributed by atoms with E-state index in [2.05, 4.69) is 159 Å². The van der Waals surface area contributed by atoms with E-state index >= 15 is 0 Å². The molecule has 5 aromatic carbocycles.